The predicted molar refractivity (Wildman–Crippen MR) is 245 cm³/mol. The van der Waals surface area contributed by atoms with Crippen LogP contribution in [-0.4, -0.2) is 0 Å². The maximum Gasteiger partial charge on any atom is 0.0714 e. The van der Waals surface area contributed by atoms with E-state index in [1.165, 1.54) is 82.9 Å². The third-order valence-electron chi connectivity index (χ3n) is 12.4. The number of rotatable bonds is 7. The molecule has 0 amide bonds. The minimum Gasteiger partial charge on any atom is -0.309 e. The molecule has 58 heavy (non-hydrogen) atoms. The minimum absolute atomic E-state index is 0.516. The fourth-order valence-electron chi connectivity index (χ4n) is 9.82. The van der Waals surface area contributed by atoms with Gasteiger partial charge in [-0.2, -0.15) is 0 Å². The van der Waals surface area contributed by atoms with Crippen molar-refractivity contribution in [3.05, 3.63) is 252 Å². The lowest BCUT2D eigenvalue weighted by Crippen LogP contribution is -2.28. The largest absolute Gasteiger partial charge is 0.309 e. The van der Waals surface area contributed by atoms with Crippen LogP contribution in [0.1, 0.15) is 40.7 Å². The van der Waals surface area contributed by atoms with Crippen molar-refractivity contribution in [2.24, 2.45) is 0 Å². The predicted octanol–water partition coefficient (Wildman–Crippen LogP) is 15.2. The zero-order chi connectivity index (χ0) is 38.5. The van der Waals surface area contributed by atoms with Gasteiger partial charge < -0.3 is 4.90 Å². The smallest absolute Gasteiger partial charge is 0.0714 e. The lowest BCUT2D eigenvalue weighted by atomic mass is 9.67. The van der Waals surface area contributed by atoms with E-state index in [0.29, 0.717) is 0 Å². The van der Waals surface area contributed by atoms with E-state index in [-0.39, 0.29) is 0 Å². The van der Waals surface area contributed by atoms with E-state index in [2.05, 4.69) is 229 Å². The molecule has 1 nitrogen and oxygen atoms in total. The molecule has 0 aliphatic heterocycles. The van der Waals surface area contributed by atoms with Crippen molar-refractivity contribution in [3.8, 4) is 22.3 Å². The number of fused-ring (bicyclic) bond motifs is 6. The Hall–Kier alpha value is -7.22. The fraction of sp³-hybridized carbons (Fsp3) is 0.0526. The summed E-state index contributed by atoms with van der Waals surface area (Å²) < 4.78 is 0. The van der Waals surface area contributed by atoms with Crippen LogP contribution in [0.5, 0.6) is 0 Å². The van der Waals surface area contributed by atoms with Gasteiger partial charge in [-0.15, -0.1) is 0 Å². The zero-order valence-corrected chi connectivity index (χ0v) is 32.2. The van der Waals surface area contributed by atoms with E-state index in [1.807, 2.05) is 0 Å². The number of allylic oxidation sites excluding steroid dienone is 4. The normalized spacial score (nSPS) is 13.9. The van der Waals surface area contributed by atoms with Gasteiger partial charge in [-0.25, -0.2) is 0 Å². The molecule has 0 saturated carbocycles. The molecule has 1 heteroatoms. The Labute approximate surface area is 340 Å². The van der Waals surface area contributed by atoms with Crippen LogP contribution in [0.4, 0.5) is 17.1 Å². The van der Waals surface area contributed by atoms with Crippen molar-refractivity contribution >= 4 is 44.2 Å². The summed E-state index contributed by atoms with van der Waals surface area (Å²) in [6.07, 6.45) is 8.84. The molecule has 0 fully saturated rings. The molecule has 2 aliphatic carbocycles. The molecule has 0 N–H and O–H groups in total. The summed E-state index contributed by atoms with van der Waals surface area (Å²) in [6.45, 7) is 0. The Morgan fingerprint density at radius 2 is 1.05 bits per heavy atom. The van der Waals surface area contributed by atoms with E-state index >= 15 is 0 Å². The van der Waals surface area contributed by atoms with Gasteiger partial charge in [-0.1, -0.05) is 194 Å². The van der Waals surface area contributed by atoms with Crippen molar-refractivity contribution in [2.45, 2.75) is 18.3 Å². The van der Waals surface area contributed by atoms with Gasteiger partial charge in [0, 0.05) is 16.6 Å². The summed E-state index contributed by atoms with van der Waals surface area (Å²) in [5.41, 5.74) is 15.7. The van der Waals surface area contributed by atoms with Gasteiger partial charge in [-0.3, -0.25) is 0 Å². The monoisotopic (exact) mass is 739 g/mol. The highest BCUT2D eigenvalue weighted by Crippen LogP contribution is 2.58. The van der Waals surface area contributed by atoms with Crippen LogP contribution in [0.3, 0.4) is 0 Å². The maximum absolute atomic E-state index is 2.56. The van der Waals surface area contributed by atoms with E-state index in [9.17, 15) is 0 Å². The molecule has 0 radical (unpaired) electrons. The van der Waals surface area contributed by atoms with E-state index in [4.69, 9.17) is 0 Å². The molecule has 11 rings (SSSR count). The van der Waals surface area contributed by atoms with Crippen LogP contribution in [0.15, 0.2) is 224 Å². The van der Waals surface area contributed by atoms with Gasteiger partial charge in [0.15, 0.2) is 0 Å². The molecule has 0 atom stereocenters. The van der Waals surface area contributed by atoms with Gasteiger partial charge in [0.05, 0.1) is 16.8 Å². The lowest BCUT2D eigenvalue weighted by molar-refractivity contribution is 0.768. The highest BCUT2D eigenvalue weighted by Gasteiger charge is 2.46. The topological polar surface area (TPSA) is 3.24 Å². The fourth-order valence-corrected chi connectivity index (χ4v) is 9.82. The number of nitrogens with zero attached hydrogens (tertiary/aromatic N) is 1. The molecular weight excluding hydrogens is 699 g/mol. The van der Waals surface area contributed by atoms with Gasteiger partial charge in [0.25, 0.3) is 0 Å². The average molecular weight is 740 g/mol. The molecule has 9 aromatic rings. The quantitative estimate of drug-likeness (QED) is 0.147. The summed E-state index contributed by atoms with van der Waals surface area (Å²) in [4.78, 5) is 2.56. The first-order chi connectivity index (χ1) is 28.8. The Kier molecular flexibility index (Phi) is 8.26. The number of benzene rings is 9. The Bertz CT molecular complexity index is 3010. The zero-order valence-electron chi connectivity index (χ0n) is 32.2. The van der Waals surface area contributed by atoms with Crippen molar-refractivity contribution in [1.82, 2.24) is 0 Å². The Balaban J connectivity index is 1.25. The Morgan fingerprint density at radius 1 is 0.414 bits per heavy atom. The van der Waals surface area contributed by atoms with Gasteiger partial charge >= 0.3 is 0 Å². The second-order valence-electron chi connectivity index (χ2n) is 15.5. The molecule has 9 aromatic carbocycles. The van der Waals surface area contributed by atoms with Crippen LogP contribution >= 0.6 is 0 Å². The van der Waals surface area contributed by atoms with Crippen LogP contribution in [0.25, 0.3) is 49.4 Å². The standard InChI is InChI=1S/C57H41N/c1-5-19-40(20-6-1)42-33-36-55(52(37-42)41-21-7-2-8-22-41)58(56-38-43-23-13-14-28-47(43)48-29-15-16-31-51(48)56)46-34-35-50-49-30-17-18-32-53(49)57(54(50)39-46,44-24-9-3-10-25-44)45-26-11-4-12-27-45/h1-7,9-21,23-39H,8,22H2. The van der Waals surface area contributed by atoms with Gasteiger partial charge in [0.2, 0.25) is 0 Å². The highest BCUT2D eigenvalue weighted by molar-refractivity contribution is 6.15. The summed E-state index contributed by atoms with van der Waals surface area (Å²) in [5, 5.41) is 4.95. The average Bonchev–Trinajstić information content (AvgIpc) is 3.61. The van der Waals surface area contributed by atoms with Crippen molar-refractivity contribution < 1.29 is 0 Å². The van der Waals surface area contributed by atoms with Crippen LogP contribution < -0.4 is 4.90 Å². The molecule has 0 aromatic heterocycles. The number of hydrogen-bond donors (Lipinski definition) is 0. The Morgan fingerprint density at radius 3 is 1.79 bits per heavy atom. The molecule has 0 saturated heterocycles. The van der Waals surface area contributed by atoms with E-state index < -0.39 is 5.41 Å². The first-order valence-corrected chi connectivity index (χ1v) is 20.4. The third kappa shape index (κ3) is 5.39. The number of anilines is 3. The first kappa shape index (κ1) is 34.1. The number of hydrogen-bond acceptors (Lipinski definition) is 1. The van der Waals surface area contributed by atoms with Crippen LogP contribution in [0.2, 0.25) is 0 Å². The first-order valence-electron chi connectivity index (χ1n) is 20.4. The van der Waals surface area contributed by atoms with Crippen molar-refractivity contribution in [3.63, 3.8) is 0 Å². The molecule has 0 spiro atoms. The van der Waals surface area contributed by atoms with E-state index in [0.717, 1.165) is 24.2 Å². The molecular formula is C57H41N. The second-order valence-corrected chi connectivity index (χ2v) is 15.5. The molecule has 0 unspecified atom stereocenters. The maximum atomic E-state index is 2.56. The third-order valence-corrected chi connectivity index (χ3v) is 12.4. The summed E-state index contributed by atoms with van der Waals surface area (Å²) in [7, 11) is 0. The van der Waals surface area contributed by atoms with Gasteiger partial charge in [-0.05, 0) is 109 Å². The van der Waals surface area contributed by atoms with E-state index in [1.54, 1.807) is 0 Å². The molecule has 0 bridgehead atoms. The second kappa shape index (κ2) is 14.1. The van der Waals surface area contributed by atoms with Crippen LogP contribution in [0, 0.1) is 0 Å². The van der Waals surface area contributed by atoms with Crippen molar-refractivity contribution in [1.29, 1.82) is 0 Å². The molecule has 0 heterocycles. The summed E-state index contributed by atoms with van der Waals surface area (Å²) in [5.74, 6) is 0. The highest BCUT2D eigenvalue weighted by atomic mass is 15.1. The van der Waals surface area contributed by atoms with Crippen molar-refractivity contribution in [2.75, 3.05) is 4.90 Å². The SMILES string of the molecule is C1=CCCC(c2cc(-c3ccccc3)ccc2N(c2ccc3c(c2)C(c2ccccc2)(c2ccccc2)c2ccccc2-3)c2cc3ccccc3c3ccccc23)=C1. The van der Waals surface area contributed by atoms with Gasteiger partial charge in [0.1, 0.15) is 0 Å². The summed E-state index contributed by atoms with van der Waals surface area (Å²) in [6, 6.07) is 76.6. The molecule has 2 aliphatic rings. The molecule has 274 valence electrons. The summed E-state index contributed by atoms with van der Waals surface area (Å²) >= 11 is 0. The minimum atomic E-state index is -0.516. The lowest BCUT2D eigenvalue weighted by Gasteiger charge is -2.35. The van der Waals surface area contributed by atoms with Crippen LogP contribution in [-0.2, 0) is 5.41 Å².